The minimum Gasteiger partial charge on any atom is -0.508 e. The van der Waals surface area contributed by atoms with Crippen LogP contribution < -0.4 is 10.2 Å². The molecule has 1 aliphatic heterocycles. The summed E-state index contributed by atoms with van der Waals surface area (Å²) < 4.78 is 6.93. The van der Waals surface area contributed by atoms with E-state index in [-0.39, 0.29) is 60.1 Å². The Bertz CT molecular complexity index is 1920. The summed E-state index contributed by atoms with van der Waals surface area (Å²) in [5, 5.41) is 32.8. The second kappa shape index (κ2) is 19.3. The summed E-state index contributed by atoms with van der Waals surface area (Å²) in [5.74, 6) is 0.955. The van der Waals surface area contributed by atoms with Crippen molar-refractivity contribution in [1.82, 2.24) is 30.0 Å². The first kappa shape index (κ1) is 40.9. The number of carbonyl (C=O) groups excluding carboxylic acids is 3. The van der Waals surface area contributed by atoms with Crippen LogP contribution >= 0.6 is 33.2 Å². The van der Waals surface area contributed by atoms with Crippen LogP contribution in [0, 0.1) is 0 Å². The highest BCUT2D eigenvalue weighted by molar-refractivity contribution is 8.77. The summed E-state index contributed by atoms with van der Waals surface area (Å²) >= 11 is 6.00. The van der Waals surface area contributed by atoms with Crippen LogP contribution in [0.4, 0.5) is 5.82 Å². The zero-order valence-electron chi connectivity index (χ0n) is 30.8. The molecule has 4 aromatic rings. The van der Waals surface area contributed by atoms with Gasteiger partial charge < -0.3 is 30.1 Å². The summed E-state index contributed by atoms with van der Waals surface area (Å²) in [7, 11) is 4.65. The third-order valence-corrected chi connectivity index (χ3v) is 11.5. The van der Waals surface area contributed by atoms with Crippen molar-refractivity contribution in [3.63, 3.8) is 0 Å². The van der Waals surface area contributed by atoms with E-state index in [4.69, 9.17) is 21.3 Å². The van der Waals surface area contributed by atoms with Gasteiger partial charge in [-0.25, -0.2) is 4.98 Å². The fourth-order valence-corrected chi connectivity index (χ4v) is 8.17. The van der Waals surface area contributed by atoms with Crippen molar-refractivity contribution in [3.8, 4) is 22.8 Å². The number of nitrogens with zero attached hydrogens (tertiary/aromatic N) is 6. The van der Waals surface area contributed by atoms with E-state index >= 15 is 0 Å². The van der Waals surface area contributed by atoms with Crippen LogP contribution in [0.5, 0.6) is 5.75 Å². The minimum atomic E-state index is -0.410. The highest BCUT2D eigenvalue weighted by atomic mass is 35.5. The second-order valence-corrected chi connectivity index (χ2v) is 16.0. The Balaban J connectivity index is 1.16. The zero-order chi connectivity index (χ0) is 38.8. The van der Waals surface area contributed by atoms with E-state index in [0.29, 0.717) is 59.3 Å². The Morgan fingerprint density at radius 2 is 1.83 bits per heavy atom. The number of phenolic OH excluding ortho intramolecular Hbond substituents is 1. The summed E-state index contributed by atoms with van der Waals surface area (Å²) in [6, 6.07) is 14.6. The number of aromatic nitrogens is 4. The van der Waals surface area contributed by atoms with Gasteiger partial charge in [0.2, 0.25) is 11.7 Å². The van der Waals surface area contributed by atoms with Crippen molar-refractivity contribution in [2.45, 2.75) is 58.6 Å². The van der Waals surface area contributed by atoms with Gasteiger partial charge in [-0.1, -0.05) is 59.2 Å². The Labute approximate surface area is 328 Å². The van der Waals surface area contributed by atoms with Crippen LogP contribution in [0.25, 0.3) is 17.1 Å². The molecule has 288 valence electrons. The number of hydrogen-bond acceptors (Lipinski definition) is 12. The fourth-order valence-electron chi connectivity index (χ4n) is 6.24. The molecule has 3 heterocycles. The number of rotatable bonds is 16. The molecule has 13 nitrogen and oxygen atoms in total. The lowest BCUT2D eigenvalue weighted by atomic mass is 9.95. The number of pyridine rings is 1. The van der Waals surface area contributed by atoms with E-state index in [9.17, 15) is 24.6 Å². The Morgan fingerprint density at radius 3 is 2.50 bits per heavy atom. The number of aliphatic hydroxyl groups excluding tert-OH is 1. The van der Waals surface area contributed by atoms with E-state index in [1.165, 1.54) is 27.7 Å². The number of carbonyl (C=O) groups is 3. The Kier molecular flexibility index (Phi) is 14.6. The molecule has 16 heteroatoms. The van der Waals surface area contributed by atoms with E-state index in [1.54, 1.807) is 22.9 Å². The molecule has 0 aliphatic carbocycles. The molecular formula is C38H46ClN7O6S2. The lowest BCUT2D eigenvalue weighted by molar-refractivity contribution is -0.140. The standard InChI is InChI=1S/C38H46ClN7O6S2/c1-5-40-38(51)37-43-42-36(31-19-30(24(2)3)32(48)18-26(31)21-47)46(37)29-9-10-33(41-20-29)44(4)28-11-14-45(15-12-28)34(49)22-53-54-23-35(50)52-16-13-25-7-6-8-27(39)17-25/h6-10,17-20,24,28,47-48H,5,11-16,21-23H2,1-4H3,(H,40,51). The summed E-state index contributed by atoms with van der Waals surface area (Å²) in [4.78, 5) is 46.9. The maximum absolute atomic E-state index is 13.1. The number of benzene rings is 2. The maximum atomic E-state index is 13.1. The van der Waals surface area contributed by atoms with Crippen molar-refractivity contribution in [2.24, 2.45) is 0 Å². The third kappa shape index (κ3) is 10.3. The van der Waals surface area contributed by atoms with Crippen LogP contribution in [0.3, 0.4) is 0 Å². The number of hydrogen-bond donors (Lipinski definition) is 3. The van der Waals surface area contributed by atoms with Gasteiger partial charge in [0.1, 0.15) is 17.3 Å². The predicted octanol–water partition coefficient (Wildman–Crippen LogP) is 5.65. The molecule has 2 aromatic carbocycles. The van der Waals surface area contributed by atoms with Gasteiger partial charge in [-0.2, -0.15) is 0 Å². The summed E-state index contributed by atoms with van der Waals surface area (Å²) in [6.45, 7) is 7.28. The number of anilines is 1. The molecule has 2 amide bonds. The Morgan fingerprint density at radius 1 is 1.07 bits per heavy atom. The molecule has 0 bridgehead atoms. The van der Waals surface area contributed by atoms with E-state index < -0.39 is 5.91 Å². The molecule has 54 heavy (non-hydrogen) atoms. The number of likely N-dealkylation sites (tertiary alicyclic amines) is 1. The van der Waals surface area contributed by atoms with Crippen LogP contribution in [0.1, 0.15) is 66.8 Å². The van der Waals surface area contributed by atoms with Crippen molar-refractivity contribution >= 4 is 56.8 Å². The van der Waals surface area contributed by atoms with Gasteiger partial charge in [0.25, 0.3) is 5.91 Å². The number of piperidine rings is 1. The molecule has 0 spiro atoms. The van der Waals surface area contributed by atoms with Gasteiger partial charge in [-0.3, -0.25) is 19.0 Å². The van der Waals surface area contributed by atoms with Gasteiger partial charge in [-0.15, -0.1) is 10.2 Å². The molecule has 1 fully saturated rings. The smallest absolute Gasteiger partial charge is 0.316 e. The number of esters is 1. The molecule has 1 saturated heterocycles. The SMILES string of the molecule is CCNC(=O)c1nnc(-c2cc(C(C)C)c(O)cc2CO)n1-c1ccc(N(C)C2CCN(C(=O)CSSCC(=O)OCCc3cccc(Cl)c3)CC2)nc1. The van der Waals surface area contributed by atoms with Crippen LogP contribution in [0.2, 0.25) is 5.02 Å². The van der Waals surface area contributed by atoms with Crippen molar-refractivity contribution in [1.29, 1.82) is 0 Å². The number of amides is 2. The number of ether oxygens (including phenoxy) is 1. The normalized spacial score (nSPS) is 13.3. The van der Waals surface area contributed by atoms with Crippen molar-refractivity contribution < 1.29 is 29.3 Å². The van der Waals surface area contributed by atoms with E-state index in [0.717, 1.165) is 24.2 Å². The molecule has 0 atom stereocenters. The topological polar surface area (TPSA) is 163 Å². The molecule has 0 radical (unpaired) electrons. The predicted molar refractivity (Wildman–Crippen MR) is 213 cm³/mol. The summed E-state index contributed by atoms with van der Waals surface area (Å²) in [5.41, 5.74) is 3.23. The minimum absolute atomic E-state index is 0.00472. The number of phenols is 1. The third-order valence-electron chi connectivity index (χ3n) is 9.19. The zero-order valence-corrected chi connectivity index (χ0v) is 33.2. The molecule has 1 aliphatic rings. The van der Waals surface area contributed by atoms with Crippen molar-refractivity contribution in [3.05, 3.63) is 82.3 Å². The molecule has 5 rings (SSSR count). The van der Waals surface area contributed by atoms with Gasteiger partial charge in [-0.05, 0) is 78.8 Å². The average Bonchev–Trinajstić information content (AvgIpc) is 3.61. The highest BCUT2D eigenvalue weighted by Gasteiger charge is 2.27. The van der Waals surface area contributed by atoms with Crippen molar-refractivity contribution in [2.75, 3.05) is 49.7 Å². The van der Waals surface area contributed by atoms with Crippen LogP contribution in [-0.2, 0) is 27.4 Å². The first-order chi connectivity index (χ1) is 26.0. The largest absolute Gasteiger partial charge is 0.508 e. The first-order valence-electron chi connectivity index (χ1n) is 17.8. The second-order valence-electron chi connectivity index (χ2n) is 13.1. The molecule has 0 saturated carbocycles. The monoisotopic (exact) mass is 795 g/mol. The van der Waals surface area contributed by atoms with Crippen LogP contribution in [0.15, 0.2) is 54.7 Å². The van der Waals surface area contributed by atoms with Gasteiger partial charge in [0.05, 0.1) is 30.9 Å². The highest BCUT2D eigenvalue weighted by Crippen LogP contribution is 2.35. The quantitative estimate of drug-likeness (QED) is 0.0727. The lowest BCUT2D eigenvalue weighted by Gasteiger charge is -2.37. The van der Waals surface area contributed by atoms with Crippen LogP contribution in [-0.4, -0.2) is 103 Å². The molecule has 0 unspecified atom stereocenters. The average molecular weight is 796 g/mol. The van der Waals surface area contributed by atoms with Gasteiger partial charge in [0, 0.05) is 49.7 Å². The van der Waals surface area contributed by atoms with E-state index in [2.05, 4.69) is 20.4 Å². The maximum Gasteiger partial charge on any atom is 0.316 e. The fraction of sp³-hybridized carbons (Fsp3) is 0.421. The van der Waals surface area contributed by atoms with Gasteiger partial charge >= 0.3 is 5.97 Å². The summed E-state index contributed by atoms with van der Waals surface area (Å²) in [6.07, 6.45) is 3.78. The number of halogens is 1. The Hall–Kier alpha value is -4.31. The molecule has 3 N–H and O–H groups in total. The number of aromatic hydroxyl groups is 1. The lowest BCUT2D eigenvalue weighted by Crippen LogP contribution is -2.46. The number of nitrogens with one attached hydrogen (secondary N) is 1. The van der Waals surface area contributed by atoms with Gasteiger partial charge in [0.15, 0.2) is 5.82 Å². The first-order valence-corrected chi connectivity index (χ1v) is 20.7. The van der Waals surface area contributed by atoms with E-state index in [1.807, 2.05) is 63.1 Å². The number of aliphatic hydroxyl groups is 1. The molecule has 2 aromatic heterocycles. The molecular weight excluding hydrogens is 750 g/mol.